The number of hydrogen-bond acceptors (Lipinski definition) is 3. The number of unbranched alkanes of at least 4 members (excludes halogenated alkanes) is 3. The number of methoxy groups -OCH3 is 1. The van der Waals surface area contributed by atoms with E-state index in [1.807, 2.05) is 30.3 Å². The molecule has 0 unspecified atom stereocenters. The minimum absolute atomic E-state index is 0.195. The molecule has 0 saturated heterocycles. The quantitative estimate of drug-likeness (QED) is 0.364. The maximum absolute atomic E-state index is 11.7. The largest absolute Gasteiger partial charge is 0.468 e. The van der Waals surface area contributed by atoms with Crippen LogP contribution in [0.3, 0.4) is 0 Å². The Balaban J connectivity index is 2.35. The van der Waals surface area contributed by atoms with Crippen LogP contribution in [0.5, 0.6) is 5.75 Å². The second-order valence-electron chi connectivity index (χ2n) is 4.73. The number of hydrogen-bond donors (Lipinski definition) is 0. The van der Waals surface area contributed by atoms with Gasteiger partial charge >= 0.3 is 0 Å². The minimum atomic E-state index is 0.195. The molecule has 0 saturated carbocycles. The van der Waals surface area contributed by atoms with Crippen molar-refractivity contribution < 1.29 is 14.3 Å². The first-order chi connectivity index (χ1) is 9.76. The molecule has 0 aliphatic heterocycles. The van der Waals surface area contributed by atoms with E-state index in [0.717, 1.165) is 24.2 Å². The van der Waals surface area contributed by atoms with E-state index in [4.69, 9.17) is 9.47 Å². The monoisotopic (exact) mass is 276 g/mol. The van der Waals surface area contributed by atoms with Gasteiger partial charge in [0.25, 0.3) is 0 Å². The van der Waals surface area contributed by atoms with Crippen LogP contribution in [0.2, 0.25) is 0 Å². The summed E-state index contributed by atoms with van der Waals surface area (Å²) in [5, 5.41) is 0. The fraction of sp³-hybridized carbons (Fsp3) is 0.471. The third-order valence-corrected chi connectivity index (χ3v) is 2.96. The fourth-order valence-corrected chi connectivity index (χ4v) is 1.80. The SMILES string of the molecule is CCCCCCC(=O)C=Cc1ccc(OCOC)cc1. The van der Waals surface area contributed by atoms with Crippen molar-refractivity contribution in [3.8, 4) is 5.75 Å². The number of carbonyl (C=O) groups excluding carboxylic acids is 1. The molecule has 3 heteroatoms. The lowest BCUT2D eigenvalue weighted by Gasteiger charge is -2.04. The summed E-state index contributed by atoms with van der Waals surface area (Å²) in [6.07, 6.45) is 8.69. The van der Waals surface area contributed by atoms with Crippen molar-refractivity contribution in [2.45, 2.75) is 39.0 Å². The molecule has 20 heavy (non-hydrogen) atoms. The highest BCUT2D eigenvalue weighted by molar-refractivity contribution is 5.93. The Hall–Kier alpha value is -1.61. The molecular weight excluding hydrogens is 252 g/mol. The molecule has 0 N–H and O–H groups in total. The van der Waals surface area contributed by atoms with Crippen molar-refractivity contribution in [2.75, 3.05) is 13.9 Å². The molecule has 0 amide bonds. The van der Waals surface area contributed by atoms with Crippen LogP contribution < -0.4 is 4.74 Å². The molecule has 0 bridgehead atoms. The Labute approximate surface area is 121 Å². The summed E-state index contributed by atoms with van der Waals surface area (Å²) in [5.41, 5.74) is 0.997. The second kappa shape index (κ2) is 10.2. The minimum Gasteiger partial charge on any atom is -0.468 e. The molecule has 1 aromatic rings. The first-order valence-electron chi connectivity index (χ1n) is 7.19. The van der Waals surface area contributed by atoms with Gasteiger partial charge in [-0.3, -0.25) is 4.79 Å². The molecule has 0 atom stereocenters. The molecule has 0 fully saturated rings. The highest BCUT2D eigenvalue weighted by Gasteiger charge is 1.97. The molecule has 0 spiro atoms. The van der Waals surface area contributed by atoms with E-state index in [1.54, 1.807) is 13.2 Å². The summed E-state index contributed by atoms with van der Waals surface area (Å²) >= 11 is 0. The van der Waals surface area contributed by atoms with E-state index in [9.17, 15) is 4.79 Å². The zero-order chi connectivity index (χ0) is 14.6. The van der Waals surface area contributed by atoms with Crippen LogP contribution in [0, 0.1) is 0 Å². The molecule has 0 radical (unpaired) electrons. The average Bonchev–Trinajstić information content (AvgIpc) is 2.48. The van der Waals surface area contributed by atoms with Gasteiger partial charge < -0.3 is 9.47 Å². The van der Waals surface area contributed by atoms with Gasteiger partial charge in [0.15, 0.2) is 12.6 Å². The molecule has 1 aromatic carbocycles. The van der Waals surface area contributed by atoms with Gasteiger partial charge in [0.05, 0.1) is 0 Å². The lowest BCUT2D eigenvalue weighted by molar-refractivity contribution is -0.114. The van der Waals surface area contributed by atoms with Crippen LogP contribution in [0.1, 0.15) is 44.6 Å². The molecule has 0 aliphatic rings. The van der Waals surface area contributed by atoms with E-state index < -0.39 is 0 Å². The van der Waals surface area contributed by atoms with Gasteiger partial charge in [-0.05, 0) is 30.2 Å². The molecule has 110 valence electrons. The Morgan fingerprint density at radius 1 is 1.15 bits per heavy atom. The van der Waals surface area contributed by atoms with Crippen LogP contribution in [0.15, 0.2) is 30.3 Å². The number of ether oxygens (including phenoxy) is 2. The topological polar surface area (TPSA) is 35.5 Å². The van der Waals surface area contributed by atoms with E-state index in [-0.39, 0.29) is 12.6 Å². The first-order valence-corrected chi connectivity index (χ1v) is 7.19. The standard InChI is InChI=1S/C17H24O3/c1-3-4-5-6-7-16(18)11-8-15-9-12-17(13-10-15)20-14-19-2/h8-13H,3-7,14H2,1-2H3. The van der Waals surface area contributed by atoms with Crippen LogP contribution in [0.4, 0.5) is 0 Å². The van der Waals surface area contributed by atoms with Crippen molar-refractivity contribution >= 4 is 11.9 Å². The van der Waals surface area contributed by atoms with Gasteiger partial charge in [-0.2, -0.15) is 0 Å². The molecule has 0 aromatic heterocycles. The van der Waals surface area contributed by atoms with E-state index in [2.05, 4.69) is 6.92 Å². The molecule has 0 heterocycles. The van der Waals surface area contributed by atoms with E-state index in [1.165, 1.54) is 12.8 Å². The van der Waals surface area contributed by atoms with E-state index >= 15 is 0 Å². The van der Waals surface area contributed by atoms with Crippen LogP contribution in [-0.4, -0.2) is 19.7 Å². The zero-order valence-corrected chi connectivity index (χ0v) is 12.4. The fourth-order valence-electron chi connectivity index (χ4n) is 1.80. The number of rotatable bonds is 10. The molecular formula is C17H24O3. The Morgan fingerprint density at radius 3 is 2.55 bits per heavy atom. The van der Waals surface area contributed by atoms with Gasteiger partial charge in [-0.25, -0.2) is 0 Å². The van der Waals surface area contributed by atoms with Crippen LogP contribution in [-0.2, 0) is 9.53 Å². The average molecular weight is 276 g/mol. The van der Waals surface area contributed by atoms with Gasteiger partial charge in [0, 0.05) is 13.5 Å². The maximum atomic E-state index is 11.7. The summed E-state index contributed by atoms with van der Waals surface area (Å²) in [4.78, 5) is 11.7. The number of benzene rings is 1. The van der Waals surface area contributed by atoms with Gasteiger partial charge in [-0.15, -0.1) is 0 Å². The van der Waals surface area contributed by atoms with E-state index in [0.29, 0.717) is 6.42 Å². The lowest BCUT2D eigenvalue weighted by Crippen LogP contribution is -1.98. The number of allylic oxidation sites excluding steroid dienone is 1. The highest BCUT2D eigenvalue weighted by Crippen LogP contribution is 2.13. The summed E-state index contributed by atoms with van der Waals surface area (Å²) in [5.74, 6) is 0.954. The van der Waals surface area contributed by atoms with Crippen molar-refractivity contribution in [1.82, 2.24) is 0 Å². The van der Waals surface area contributed by atoms with Crippen molar-refractivity contribution in [3.05, 3.63) is 35.9 Å². The molecule has 0 aliphatic carbocycles. The third kappa shape index (κ3) is 7.10. The Kier molecular flexibility index (Phi) is 8.40. The molecule has 3 nitrogen and oxygen atoms in total. The van der Waals surface area contributed by atoms with Gasteiger partial charge in [0.2, 0.25) is 0 Å². The second-order valence-corrected chi connectivity index (χ2v) is 4.73. The normalized spacial score (nSPS) is 10.9. The predicted molar refractivity (Wildman–Crippen MR) is 81.7 cm³/mol. The predicted octanol–water partition coefficient (Wildman–Crippen LogP) is 4.22. The van der Waals surface area contributed by atoms with Crippen molar-refractivity contribution in [1.29, 1.82) is 0 Å². The summed E-state index contributed by atoms with van der Waals surface area (Å²) < 4.78 is 10.1. The zero-order valence-electron chi connectivity index (χ0n) is 12.4. The van der Waals surface area contributed by atoms with Crippen molar-refractivity contribution in [2.24, 2.45) is 0 Å². The number of carbonyl (C=O) groups is 1. The smallest absolute Gasteiger partial charge is 0.188 e. The van der Waals surface area contributed by atoms with Gasteiger partial charge in [0.1, 0.15) is 5.75 Å². The Morgan fingerprint density at radius 2 is 1.90 bits per heavy atom. The third-order valence-electron chi connectivity index (χ3n) is 2.96. The summed E-state index contributed by atoms with van der Waals surface area (Å²) in [6.45, 7) is 2.41. The van der Waals surface area contributed by atoms with Gasteiger partial charge in [-0.1, -0.05) is 44.4 Å². The van der Waals surface area contributed by atoms with Crippen LogP contribution in [0.25, 0.3) is 6.08 Å². The van der Waals surface area contributed by atoms with Crippen LogP contribution >= 0.6 is 0 Å². The van der Waals surface area contributed by atoms with Crippen molar-refractivity contribution in [3.63, 3.8) is 0 Å². The lowest BCUT2D eigenvalue weighted by atomic mass is 10.1. The maximum Gasteiger partial charge on any atom is 0.188 e. The highest BCUT2D eigenvalue weighted by atomic mass is 16.7. The first kappa shape index (κ1) is 16.4. The number of ketones is 1. The summed E-state index contributed by atoms with van der Waals surface area (Å²) in [7, 11) is 1.59. The Bertz CT molecular complexity index is 407. The molecule has 1 rings (SSSR count). The summed E-state index contributed by atoms with van der Waals surface area (Å²) in [6, 6.07) is 7.58.